The molecule has 0 aromatic heterocycles. The minimum Gasteiger partial charge on any atom is -0.404 e. The number of nitrogens with zero attached hydrogens (tertiary/aromatic N) is 3. The molecule has 2 aliphatic rings. The minimum atomic E-state index is -0.279. The lowest BCUT2D eigenvalue weighted by molar-refractivity contribution is -0.114. The van der Waals surface area contributed by atoms with Crippen LogP contribution in [0.1, 0.15) is 32.3 Å². The van der Waals surface area contributed by atoms with Gasteiger partial charge in [-0.25, -0.2) is 0 Å². The summed E-state index contributed by atoms with van der Waals surface area (Å²) in [7, 11) is 2.19. The molecule has 9 heteroatoms. The number of piperazine rings is 1. The van der Waals surface area contributed by atoms with E-state index in [1.807, 2.05) is 19.1 Å². The van der Waals surface area contributed by atoms with Crippen molar-refractivity contribution in [1.29, 1.82) is 0 Å². The van der Waals surface area contributed by atoms with Gasteiger partial charge >= 0.3 is 0 Å². The number of likely N-dealkylation sites (tertiary alicyclic amines) is 2. The predicted octanol–water partition coefficient (Wildman–Crippen LogP) is 3.14. The number of likely N-dealkylation sites (N-methyl/N-ethyl adjacent to an activating group) is 1. The summed E-state index contributed by atoms with van der Waals surface area (Å²) in [6.07, 6.45) is 5.34. The molecular formula is C24H34Cl2N6O. The van der Waals surface area contributed by atoms with E-state index in [2.05, 4.69) is 32.5 Å². The molecule has 2 aliphatic heterocycles. The van der Waals surface area contributed by atoms with Crippen LogP contribution < -0.4 is 16.4 Å². The number of hydrogen-bond donors (Lipinski definition) is 3. The molecule has 2 atom stereocenters. The fourth-order valence-electron chi connectivity index (χ4n) is 4.37. The van der Waals surface area contributed by atoms with E-state index in [0.717, 1.165) is 31.6 Å². The summed E-state index contributed by atoms with van der Waals surface area (Å²) in [5.41, 5.74) is 7.69. The van der Waals surface area contributed by atoms with Gasteiger partial charge in [-0.15, -0.1) is 0 Å². The number of amides is 1. The molecule has 4 N–H and O–H groups in total. The Morgan fingerprint density at radius 1 is 1.27 bits per heavy atom. The van der Waals surface area contributed by atoms with Crippen LogP contribution in [0.15, 0.2) is 46.9 Å². The van der Waals surface area contributed by atoms with E-state index in [0.29, 0.717) is 52.3 Å². The molecule has 2 bridgehead atoms. The number of halogens is 2. The number of carbonyl (C=O) groups excluding carboxylic acids is 1. The van der Waals surface area contributed by atoms with Crippen LogP contribution in [0.25, 0.3) is 0 Å². The summed E-state index contributed by atoms with van der Waals surface area (Å²) in [4.78, 5) is 22.6. The Hall–Kier alpha value is -2.06. The zero-order valence-electron chi connectivity index (χ0n) is 19.6. The lowest BCUT2D eigenvalue weighted by atomic mass is 10.2. The molecule has 33 heavy (non-hydrogen) atoms. The number of nitrogens with two attached hydrogens (primary N) is 1. The molecule has 0 aliphatic carbocycles. The molecule has 1 amide bonds. The van der Waals surface area contributed by atoms with Crippen molar-refractivity contribution in [1.82, 2.24) is 20.4 Å². The third-order valence-electron chi connectivity index (χ3n) is 6.25. The van der Waals surface area contributed by atoms with Gasteiger partial charge in [-0.1, -0.05) is 36.2 Å². The van der Waals surface area contributed by atoms with Crippen molar-refractivity contribution in [2.75, 3.05) is 33.2 Å². The first-order valence-corrected chi connectivity index (χ1v) is 12.1. The van der Waals surface area contributed by atoms with E-state index in [1.165, 1.54) is 12.6 Å². The number of allylic oxidation sites excluding steroid dienone is 1. The molecule has 0 spiro atoms. The summed E-state index contributed by atoms with van der Waals surface area (Å²) >= 11 is 12.1. The second kappa shape index (κ2) is 11.9. The molecule has 7 nitrogen and oxygen atoms in total. The zero-order valence-corrected chi connectivity index (χ0v) is 21.1. The van der Waals surface area contributed by atoms with E-state index in [1.54, 1.807) is 19.1 Å². The summed E-state index contributed by atoms with van der Waals surface area (Å²) in [6.45, 7) is 7.89. The Balaban J connectivity index is 1.60. The largest absolute Gasteiger partial charge is 0.404 e. The molecule has 1 aromatic rings. The van der Waals surface area contributed by atoms with Crippen LogP contribution in [0, 0.1) is 0 Å². The Morgan fingerprint density at radius 3 is 2.67 bits per heavy atom. The van der Waals surface area contributed by atoms with E-state index in [4.69, 9.17) is 28.9 Å². The van der Waals surface area contributed by atoms with Gasteiger partial charge in [0, 0.05) is 38.3 Å². The van der Waals surface area contributed by atoms with Crippen molar-refractivity contribution in [3.63, 3.8) is 0 Å². The topological polar surface area (TPSA) is 86.0 Å². The number of hydrogen-bond acceptors (Lipinski definition) is 6. The zero-order chi connectivity index (χ0) is 24.0. The van der Waals surface area contributed by atoms with Crippen molar-refractivity contribution in [3.8, 4) is 0 Å². The molecule has 2 fully saturated rings. The smallest absolute Gasteiger partial charge is 0.275 e. The summed E-state index contributed by atoms with van der Waals surface area (Å²) in [5, 5.41) is 7.21. The standard InChI is InChI=1S/C24H34Cl2N6O/c1-4-5-22(29-13-17-6-7-20(25)21(26)10-17)30-24(33)23(16(2)12-27)28-8-9-32-15-18-11-19(32)14-31(18)3/h5-7,10,12,18-19,29H,4,8-9,11,13-15,27H2,1-3H3,(H,30,33)/b16-12?,22-5+,28-23?. The van der Waals surface area contributed by atoms with Gasteiger partial charge in [-0.2, -0.15) is 0 Å². The van der Waals surface area contributed by atoms with Gasteiger partial charge in [0.25, 0.3) is 5.91 Å². The Morgan fingerprint density at radius 2 is 2.06 bits per heavy atom. The number of rotatable bonds is 10. The second-order valence-corrected chi connectivity index (χ2v) is 9.45. The fraction of sp³-hybridized carbons (Fsp3) is 0.500. The molecule has 3 rings (SSSR count). The van der Waals surface area contributed by atoms with Gasteiger partial charge < -0.3 is 21.3 Å². The number of carbonyl (C=O) groups is 1. The number of aliphatic imine (C=N–C) groups is 1. The maximum Gasteiger partial charge on any atom is 0.275 e. The van der Waals surface area contributed by atoms with Crippen LogP contribution in [0.4, 0.5) is 0 Å². The Kier molecular flexibility index (Phi) is 9.20. The third kappa shape index (κ3) is 6.73. The highest BCUT2D eigenvalue weighted by Gasteiger charge is 2.40. The lowest BCUT2D eigenvalue weighted by Crippen LogP contribution is -2.45. The first-order valence-electron chi connectivity index (χ1n) is 11.4. The average Bonchev–Trinajstić information content (AvgIpc) is 3.36. The Bertz CT molecular complexity index is 943. The quantitative estimate of drug-likeness (QED) is 0.436. The SMILES string of the molecule is CC/C=C(\NCc1ccc(Cl)c(Cl)c1)NC(=O)C(=NCCN1CC2CC1CN2C)C(C)=CN. The van der Waals surface area contributed by atoms with Crippen LogP contribution in [-0.2, 0) is 11.3 Å². The van der Waals surface area contributed by atoms with E-state index in [9.17, 15) is 4.79 Å². The van der Waals surface area contributed by atoms with Crippen molar-refractivity contribution in [3.05, 3.63) is 57.5 Å². The van der Waals surface area contributed by atoms with E-state index >= 15 is 0 Å². The van der Waals surface area contributed by atoms with E-state index in [-0.39, 0.29) is 5.91 Å². The highest BCUT2D eigenvalue weighted by molar-refractivity contribution is 6.45. The Labute approximate surface area is 206 Å². The van der Waals surface area contributed by atoms with Gasteiger partial charge in [0.2, 0.25) is 0 Å². The van der Waals surface area contributed by atoms with Crippen molar-refractivity contribution in [2.24, 2.45) is 10.7 Å². The normalized spacial score (nSPS) is 22.2. The van der Waals surface area contributed by atoms with Crippen LogP contribution in [0.5, 0.6) is 0 Å². The molecule has 2 saturated heterocycles. The highest BCUT2D eigenvalue weighted by atomic mass is 35.5. The maximum absolute atomic E-state index is 13.1. The van der Waals surface area contributed by atoms with Crippen LogP contribution >= 0.6 is 23.2 Å². The van der Waals surface area contributed by atoms with E-state index < -0.39 is 0 Å². The molecule has 0 saturated carbocycles. The molecule has 180 valence electrons. The molecular weight excluding hydrogens is 459 g/mol. The van der Waals surface area contributed by atoms with Gasteiger partial charge in [0.05, 0.1) is 16.6 Å². The molecule has 2 heterocycles. The van der Waals surface area contributed by atoms with Crippen LogP contribution in [0.3, 0.4) is 0 Å². The minimum absolute atomic E-state index is 0.279. The fourth-order valence-corrected chi connectivity index (χ4v) is 4.69. The van der Waals surface area contributed by atoms with Gasteiger partial charge in [0.15, 0.2) is 0 Å². The van der Waals surface area contributed by atoms with Gasteiger partial charge in [-0.3, -0.25) is 14.7 Å². The monoisotopic (exact) mass is 492 g/mol. The summed E-state index contributed by atoms with van der Waals surface area (Å²) in [5.74, 6) is 0.337. The first kappa shape index (κ1) is 25.6. The van der Waals surface area contributed by atoms with Crippen molar-refractivity contribution >= 4 is 34.8 Å². The number of fused-ring (bicyclic) bond motifs is 2. The number of nitrogens with one attached hydrogen (secondary N) is 2. The van der Waals surface area contributed by atoms with Crippen LogP contribution in [-0.4, -0.2) is 66.7 Å². The molecule has 0 radical (unpaired) electrons. The molecule has 2 unspecified atom stereocenters. The average molecular weight is 493 g/mol. The van der Waals surface area contributed by atoms with Crippen molar-refractivity contribution in [2.45, 2.75) is 45.3 Å². The summed E-state index contributed by atoms with van der Waals surface area (Å²) < 4.78 is 0. The van der Waals surface area contributed by atoms with Crippen LogP contribution in [0.2, 0.25) is 10.0 Å². The van der Waals surface area contributed by atoms with Crippen molar-refractivity contribution < 1.29 is 4.79 Å². The highest BCUT2D eigenvalue weighted by Crippen LogP contribution is 2.28. The molecule has 1 aromatic carbocycles. The van der Waals surface area contributed by atoms with Gasteiger partial charge in [-0.05, 0) is 62.4 Å². The lowest BCUT2D eigenvalue weighted by Gasteiger charge is -2.31. The van der Waals surface area contributed by atoms with Gasteiger partial charge in [0.1, 0.15) is 11.5 Å². The predicted molar refractivity (Wildman–Crippen MR) is 136 cm³/mol. The number of benzene rings is 1. The first-order chi connectivity index (χ1) is 15.8. The maximum atomic E-state index is 13.1. The summed E-state index contributed by atoms with van der Waals surface area (Å²) in [6, 6.07) is 6.70. The second-order valence-electron chi connectivity index (χ2n) is 8.64. The third-order valence-corrected chi connectivity index (χ3v) is 6.99.